The molecule has 1 amide bonds. The standard InChI is InChI=1S/C26H37F2NO3/c1-21(12-10-16-22-14-6-5-7-15-22)13-11-17-23-20-26(27,28)25(31)29(23)19-9-4-3-8-18-24(30)32-2/h5-7,11,14-15,17,21,23H,3-4,8-10,12-13,16,18-20H2,1-2H3/b17-11+. The normalized spacial score (nSPS) is 18.9. The first-order valence-electron chi connectivity index (χ1n) is 11.8. The summed E-state index contributed by atoms with van der Waals surface area (Å²) in [5, 5.41) is 0. The van der Waals surface area contributed by atoms with E-state index in [4.69, 9.17) is 0 Å². The van der Waals surface area contributed by atoms with E-state index in [2.05, 4.69) is 23.8 Å². The van der Waals surface area contributed by atoms with Crippen LogP contribution < -0.4 is 0 Å². The maximum absolute atomic E-state index is 14.0. The minimum absolute atomic E-state index is 0.237. The van der Waals surface area contributed by atoms with Crippen molar-refractivity contribution in [2.24, 2.45) is 5.92 Å². The lowest BCUT2D eigenvalue weighted by atomic mass is 9.98. The molecule has 4 nitrogen and oxygen atoms in total. The number of benzene rings is 1. The number of rotatable bonds is 14. The zero-order valence-corrected chi connectivity index (χ0v) is 19.4. The minimum Gasteiger partial charge on any atom is -0.469 e. The highest BCUT2D eigenvalue weighted by atomic mass is 19.3. The number of halogens is 2. The van der Waals surface area contributed by atoms with E-state index in [1.54, 1.807) is 6.08 Å². The largest absolute Gasteiger partial charge is 0.469 e. The van der Waals surface area contributed by atoms with Gasteiger partial charge in [0.1, 0.15) is 0 Å². The number of alkyl halides is 2. The number of allylic oxidation sites excluding steroid dienone is 1. The molecule has 0 N–H and O–H groups in total. The number of carbonyl (C=O) groups is 2. The minimum atomic E-state index is -3.28. The number of hydrogen-bond donors (Lipinski definition) is 0. The van der Waals surface area contributed by atoms with Gasteiger partial charge >= 0.3 is 11.9 Å². The van der Waals surface area contributed by atoms with E-state index in [-0.39, 0.29) is 5.97 Å². The Morgan fingerprint density at radius 2 is 1.91 bits per heavy atom. The molecule has 2 rings (SSSR count). The maximum Gasteiger partial charge on any atom is 0.327 e. The topological polar surface area (TPSA) is 46.6 Å². The Labute approximate surface area is 191 Å². The summed E-state index contributed by atoms with van der Waals surface area (Å²) in [7, 11) is 1.36. The number of methoxy groups -OCH3 is 1. The summed E-state index contributed by atoms with van der Waals surface area (Å²) in [6, 6.07) is 9.85. The summed E-state index contributed by atoms with van der Waals surface area (Å²) in [6.07, 6.45) is 10.7. The SMILES string of the molecule is COC(=O)CCCCCCN1C(=O)C(F)(F)CC1/C=C/CC(C)CCCc1ccccc1. The lowest BCUT2D eigenvalue weighted by Crippen LogP contribution is -2.36. The van der Waals surface area contributed by atoms with E-state index >= 15 is 0 Å². The van der Waals surface area contributed by atoms with Gasteiger partial charge in [-0.1, -0.05) is 68.7 Å². The third-order valence-corrected chi connectivity index (χ3v) is 6.10. The van der Waals surface area contributed by atoms with Crippen molar-refractivity contribution in [3.63, 3.8) is 0 Å². The second kappa shape index (κ2) is 13.3. The molecule has 2 unspecified atom stereocenters. The molecular weight excluding hydrogens is 412 g/mol. The predicted molar refractivity (Wildman–Crippen MR) is 122 cm³/mol. The molecule has 0 saturated carbocycles. The van der Waals surface area contributed by atoms with Crippen LogP contribution in [-0.2, 0) is 20.7 Å². The molecule has 6 heteroatoms. The van der Waals surface area contributed by atoms with Crippen LogP contribution >= 0.6 is 0 Å². The van der Waals surface area contributed by atoms with Gasteiger partial charge in [-0.2, -0.15) is 8.78 Å². The van der Waals surface area contributed by atoms with Crippen LogP contribution in [0.2, 0.25) is 0 Å². The molecule has 0 radical (unpaired) electrons. The Kier molecular flexibility index (Phi) is 10.8. The maximum atomic E-state index is 14.0. The van der Waals surface area contributed by atoms with Gasteiger partial charge in [0, 0.05) is 19.4 Å². The van der Waals surface area contributed by atoms with Gasteiger partial charge in [0.15, 0.2) is 0 Å². The van der Waals surface area contributed by atoms with Crippen LogP contribution in [0.1, 0.15) is 70.3 Å². The highest BCUT2D eigenvalue weighted by molar-refractivity contribution is 5.86. The van der Waals surface area contributed by atoms with Crippen molar-refractivity contribution >= 4 is 11.9 Å². The van der Waals surface area contributed by atoms with Crippen molar-refractivity contribution in [2.75, 3.05) is 13.7 Å². The third kappa shape index (κ3) is 8.71. The molecular formula is C26H37F2NO3. The molecule has 1 aromatic rings. The fraction of sp³-hybridized carbons (Fsp3) is 0.615. The molecule has 0 aliphatic carbocycles. The molecule has 1 heterocycles. The number of carbonyl (C=O) groups excluding carboxylic acids is 2. The summed E-state index contributed by atoms with van der Waals surface area (Å²) in [5.74, 6) is -4.10. The monoisotopic (exact) mass is 449 g/mol. The summed E-state index contributed by atoms with van der Waals surface area (Å²) in [4.78, 5) is 24.6. The van der Waals surface area contributed by atoms with Gasteiger partial charge in [-0.3, -0.25) is 9.59 Å². The first-order chi connectivity index (χ1) is 15.3. The number of hydrogen-bond acceptors (Lipinski definition) is 3. The van der Waals surface area contributed by atoms with Crippen molar-refractivity contribution in [1.29, 1.82) is 0 Å². The van der Waals surface area contributed by atoms with Crippen LogP contribution in [0.15, 0.2) is 42.5 Å². The van der Waals surface area contributed by atoms with Gasteiger partial charge in [0.25, 0.3) is 5.91 Å². The molecule has 2 atom stereocenters. The second-order valence-corrected chi connectivity index (χ2v) is 8.86. The molecule has 0 aromatic heterocycles. The van der Waals surface area contributed by atoms with Gasteiger partial charge in [0.05, 0.1) is 13.2 Å². The summed E-state index contributed by atoms with van der Waals surface area (Å²) < 4.78 is 32.7. The Morgan fingerprint density at radius 1 is 1.19 bits per heavy atom. The average molecular weight is 450 g/mol. The summed E-state index contributed by atoms with van der Waals surface area (Å²) in [6.45, 7) is 2.50. The number of amides is 1. The first kappa shape index (κ1) is 26.0. The zero-order valence-electron chi connectivity index (χ0n) is 19.4. The van der Waals surface area contributed by atoms with Crippen molar-refractivity contribution in [3.8, 4) is 0 Å². The average Bonchev–Trinajstić information content (AvgIpc) is 2.99. The van der Waals surface area contributed by atoms with Crippen LogP contribution in [0.3, 0.4) is 0 Å². The molecule has 0 spiro atoms. The van der Waals surface area contributed by atoms with E-state index in [0.717, 1.165) is 38.5 Å². The summed E-state index contributed by atoms with van der Waals surface area (Å²) in [5.41, 5.74) is 1.34. The fourth-order valence-electron chi connectivity index (χ4n) is 4.15. The number of esters is 1. The van der Waals surface area contributed by atoms with E-state index in [0.29, 0.717) is 31.7 Å². The highest BCUT2D eigenvalue weighted by Gasteiger charge is 2.52. The van der Waals surface area contributed by atoms with Crippen LogP contribution in [0.4, 0.5) is 8.78 Å². The van der Waals surface area contributed by atoms with E-state index in [1.807, 2.05) is 24.3 Å². The quantitative estimate of drug-likeness (QED) is 0.200. The number of unbranched alkanes of at least 4 members (excludes halogenated alkanes) is 3. The first-order valence-corrected chi connectivity index (χ1v) is 11.8. The van der Waals surface area contributed by atoms with Crippen LogP contribution in [0, 0.1) is 5.92 Å². The number of likely N-dealkylation sites (tertiary alicyclic amines) is 1. The van der Waals surface area contributed by atoms with E-state index < -0.39 is 24.3 Å². The van der Waals surface area contributed by atoms with Crippen molar-refractivity contribution in [1.82, 2.24) is 4.90 Å². The van der Waals surface area contributed by atoms with E-state index in [9.17, 15) is 18.4 Å². The third-order valence-electron chi connectivity index (χ3n) is 6.10. The smallest absolute Gasteiger partial charge is 0.327 e. The Hall–Kier alpha value is -2.24. The van der Waals surface area contributed by atoms with Crippen molar-refractivity contribution in [2.45, 2.75) is 83.1 Å². The molecule has 1 fully saturated rings. The molecule has 1 aliphatic rings. The lowest BCUT2D eigenvalue weighted by molar-refractivity contribution is -0.148. The molecule has 1 aliphatic heterocycles. The van der Waals surface area contributed by atoms with Crippen LogP contribution in [-0.4, -0.2) is 42.4 Å². The van der Waals surface area contributed by atoms with Gasteiger partial charge in [-0.25, -0.2) is 0 Å². The zero-order chi connectivity index (χ0) is 23.4. The van der Waals surface area contributed by atoms with E-state index in [1.165, 1.54) is 17.6 Å². The molecule has 178 valence electrons. The van der Waals surface area contributed by atoms with Crippen molar-refractivity contribution in [3.05, 3.63) is 48.0 Å². The number of aryl methyl sites for hydroxylation is 1. The molecule has 0 bridgehead atoms. The molecule has 1 saturated heterocycles. The summed E-state index contributed by atoms with van der Waals surface area (Å²) >= 11 is 0. The molecule has 1 aromatic carbocycles. The highest BCUT2D eigenvalue weighted by Crippen LogP contribution is 2.34. The number of nitrogens with zero attached hydrogens (tertiary/aromatic N) is 1. The van der Waals surface area contributed by atoms with Gasteiger partial charge < -0.3 is 9.64 Å². The van der Waals surface area contributed by atoms with Gasteiger partial charge in [0.2, 0.25) is 0 Å². The Bertz CT molecular complexity index is 736. The lowest BCUT2D eigenvalue weighted by Gasteiger charge is -2.21. The fourth-order valence-corrected chi connectivity index (χ4v) is 4.15. The second-order valence-electron chi connectivity index (χ2n) is 8.86. The van der Waals surface area contributed by atoms with Gasteiger partial charge in [-0.15, -0.1) is 0 Å². The number of ether oxygens (including phenoxy) is 1. The predicted octanol–water partition coefficient (Wildman–Crippen LogP) is 5.95. The van der Waals surface area contributed by atoms with Crippen molar-refractivity contribution < 1.29 is 23.1 Å². The molecule has 32 heavy (non-hydrogen) atoms. The van der Waals surface area contributed by atoms with Gasteiger partial charge in [-0.05, 0) is 43.6 Å². The Balaban J connectivity index is 1.72. The Morgan fingerprint density at radius 3 is 2.62 bits per heavy atom. The van der Waals surface area contributed by atoms with Crippen LogP contribution in [0.5, 0.6) is 0 Å². The van der Waals surface area contributed by atoms with Crippen LogP contribution in [0.25, 0.3) is 0 Å².